The van der Waals surface area contributed by atoms with E-state index in [9.17, 15) is 26.4 Å². The summed E-state index contributed by atoms with van der Waals surface area (Å²) in [5, 5.41) is 10.2. The number of carbonyl (C=O) groups is 1. The van der Waals surface area contributed by atoms with Gasteiger partial charge in [0.05, 0.1) is 27.1 Å². The lowest BCUT2D eigenvalue weighted by Gasteiger charge is -2.20. The molecule has 2 aromatic carbocycles. The van der Waals surface area contributed by atoms with Crippen molar-refractivity contribution in [3.8, 4) is 0 Å². The third-order valence-corrected chi connectivity index (χ3v) is 8.66. The first-order valence-corrected chi connectivity index (χ1v) is 13.0. The van der Waals surface area contributed by atoms with Gasteiger partial charge in [0.1, 0.15) is 5.69 Å². The van der Waals surface area contributed by atoms with E-state index >= 15 is 0 Å². The van der Waals surface area contributed by atoms with E-state index in [4.69, 9.17) is 0 Å². The number of aromatic amines is 1. The predicted octanol–water partition coefficient (Wildman–Crippen LogP) is 4.07. The normalized spacial score (nSPS) is 16.5. The van der Waals surface area contributed by atoms with Crippen LogP contribution in [0.15, 0.2) is 64.5 Å². The van der Waals surface area contributed by atoms with Crippen molar-refractivity contribution >= 4 is 32.3 Å². The number of H-pyrrole nitrogens is 1. The topological polar surface area (TPSA) is 100 Å². The molecule has 3 heterocycles. The Balaban J connectivity index is 1.34. The molecule has 0 saturated carbocycles. The fourth-order valence-electron chi connectivity index (χ4n) is 4.63. The zero-order valence-electron chi connectivity index (χ0n) is 20.0. The lowest BCUT2D eigenvalue weighted by atomic mass is 10.2. The van der Waals surface area contributed by atoms with Crippen LogP contribution in [0.25, 0.3) is 10.9 Å². The van der Waals surface area contributed by atoms with Crippen molar-refractivity contribution in [2.45, 2.75) is 35.4 Å². The number of fused-ring (bicyclic) bond motifs is 1. The van der Waals surface area contributed by atoms with Gasteiger partial charge in [-0.25, -0.2) is 8.42 Å². The zero-order chi connectivity index (χ0) is 26.5. The van der Waals surface area contributed by atoms with E-state index in [0.717, 1.165) is 12.1 Å². The highest BCUT2D eigenvalue weighted by molar-refractivity contribution is 7.91. The maximum absolute atomic E-state index is 13.4. The first-order chi connectivity index (χ1) is 17.4. The minimum absolute atomic E-state index is 0.0278. The third kappa shape index (κ3) is 4.57. The molecule has 5 rings (SSSR count). The fraction of sp³-hybridized carbons (Fsp3) is 0.280. The standard InChI is InChI=1S/C25H24F3N5O3S/c1-15-23(37(35,36)20-6-7-21-16(10-20)13-29-31-21)12-22(32(15)2)24(34)30-18-8-9-33(14-18)19-5-3-4-17(11-19)25(26,27)28/h3-7,10-13,18H,8-9,14H2,1-2H3,(H,29,31)(H,30,34)/t18-/m1/s1. The molecule has 194 valence electrons. The van der Waals surface area contributed by atoms with Crippen molar-refractivity contribution in [2.75, 3.05) is 18.0 Å². The van der Waals surface area contributed by atoms with Crippen LogP contribution in [0.3, 0.4) is 0 Å². The molecule has 0 bridgehead atoms. The van der Waals surface area contributed by atoms with Crippen LogP contribution in [0.4, 0.5) is 18.9 Å². The van der Waals surface area contributed by atoms with Crippen LogP contribution in [0.2, 0.25) is 0 Å². The number of rotatable bonds is 5. The highest BCUT2D eigenvalue weighted by atomic mass is 32.2. The Morgan fingerprint density at radius 1 is 1.16 bits per heavy atom. The summed E-state index contributed by atoms with van der Waals surface area (Å²) in [5.41, 5.74) is 1.01. The van der Waals surface area contributed by atoms with Crippen LogP contribution in [0.5, 0.6) is 0 Å². The first-order valence-electron chi connectivity index (χ1n) is 11.5. The minimum atomic E-state index is -4.43. The number of benzene rings is 2. The molecule has 1 amide bonds. The Bertz CT molecular complexity index is 1610. The van der Waals surface area contributed by atoms with E-state index < -0.39 is 27.5 Å². The molecule has 1 atom stereocenters. The number of aromatic nitrogens is 3. The van der Waals surface area contributed by atoms with Gasteiger partial charge in [-0.15, -0.1) is 0 Å². The molecule has 37 heavy (non-hydrogen) atoms. The maximum atomic E-state index is 13.4. The van der Waals surface area contributed by atoms with Gasteiger partial charge in [-0.3, -0.25) is 9.89 Å². The van der Waals surface area contributed by atoms with E-state index in [-0.39, 0.29) is 21.5 Å². The molecule has 8 nitrogen and oxygen atoms in total. The number of halogens is 3. The van der Waals surface area contributed by atoms with Gasteiger partial charge in [0.2, 0.25) is 9.84 Å². The van der Waals surface area contributed by atoms with Gasteiger partial charge in [0, 0.05) is 42.9 Å². The van der Waals surface area contributed by atoms with Crippen LogP contribution >= 0.6 is 0 Å². The summed E-state index contributed by atoms with van der Waals surface area (Å²) >= 11 is 0. The fourth-order valence-corrected chi connectivity index (χ4v) is 6.20. The van der Waals surface area contributed by atoms with Crippen LogP contribution in [-0.4, -0.2) is 48.2 Å². The summed E-state index contributed by atoms with van der Waals surface area (Å²) in [4.78, 5) is 15.0. The SMILES string of the molecule is Cc1c(S(=O)(=O)c2ccc3[nH]ncc3c2)cc(C(=O)N[C@@H]2CCN(c3cccc(C(F)(F)F)c3)C2)n1C. The molecule has 1 saturated heterocycles. The van der Waals surface area contributed by atoms with Crippen LogP contribution in [0.1, 0.15) is 28.2 Å². The van der Waals surface area contributed by atoms with Gasteiger partial charge in [-0.1, -0.05) is 6.07 Å². The van der Waals surface area contributed by atoms with Gasteiger partial charge in [-0.2, -0.15) is 18.3 Å². The van der Waals surface area contributed by atoms with E-state index in [1.54, 1.807) is 31.0 Å². The summed E-state index contributed by atoms with van der Waals surface area (Å²) < 4.78 is 67.6. The second-order valence-electron chi connectivity index (χ2n) is 9.11. The first kappa shape index (κ1) is 24.9. The molecule has 0 radical (unpaired) electrons. The average molecular weight is 532 g/mol. The molecule has 1 aliphatic rings. The highest BCUT2D eigenvalue weighted by Crippen LogP contribution is 2.33. The van der Waals surface area contributed by atoms with Crippen molar-refractivity contribution in [3.05, 3.63) is 71.7 Å². The Morgan fingerprint density at radius 2 is 1.95 bits per heavy atom. The summed E-state index contributed by atoms with van der Waals surface area (Å²) in [6.45, 7) is 2.45. The quantitative estimate of drug-likeness (QED) is 0.405. The van der Waals surface area contributed by atoms with Crippen molar-refractivity contribution < 1.29 is 26.4 Å². The number of hydrogen-bond acceptors (Lipinski definition) is 5. The number of alkyl halides is 3. The molecule has 12 heteroatoms. The number of hydrogen-bond donors (Lipinski definition) is 2. The zero-order valence-corrected chi connectivity index (χ0v) is 20.8. The Hall–Kier alpha value is -3.80. The summed E-state index contributed by atoms with van der Waals surface area (Å²) in [6, 6.07) is 10.8. The van der Waals surface area contributed by atoms with Gasteiger partial charge in [0.25, 0.3) is 5.91 Å². The molecular weight excluding hydrogens is 507 g/mol. The Labute approximate surface area is 211 Å². The number of carbonyl (C=O) groups excluding carboxylic acids is 1. The second-order valence-corrected chi connectivity index (χ2v) is 11.0. The predicted molar refractivity (Wildman–Crippen MR) is 131 cm³/mol. The molecule has 0 spiro atoms. The van der Waals surface area contributed by atoms with Crippen LogP contribution in [0, 0.1) is 6.92 Å². The Morgan fingerprint density at radius 3 is 2.70 bits per heavy atom. The molecule has 0 aliphatic carbocycles. The van der Waals surface area contributed by atoms with E-state index in [1.165, 1.54) is 35.0 Å². The van der Waals surface area contributed by atoms with E-state index in [2.05, 4.69) is 15.5 Å². The summed E-state index contributed by atoms with van der Waals surface area (Å²) in [5.74, 6) is -0.451. The Kier molecular flexibility index (Phi) is 6.01. The third-order valence-electron chi connectivity index (χ3n) is 6.80. The largest absolute Gasteiger partial charge is 0.416 e. The van der Waals surface area contributed by atoms with E-state index in [1.807, 2.05) is 0 Å². The van der Waals surface area contributed by atoms with Crippen molar-refractivity contribution in [3.63, 3.8) is 0 Å². The molecule has 2 N–H and O–H groups in total. The van der Waals surface area contributed by atoms with Crippen molar-refractivity contribution in [1.29, 1.82) is 0 Å². The number of sulfone groups is 1. The molecular formula is C25H24F3N5O3S. The number of nitrogens with zero attached hydrogens (tertiary/aromatic N) is 3. The molecule has 0 unspecified atom stereocenters. The van der Waals surface area contributed by atoms with Crippen LogP contribution in [-0.2, 0) is 23.1 Å². The van der Waals surface area contributed by atoms with Crippen molar-refractivity contribution in [2.24, 2.45) is 7.05 Å². The van der Waals surface area contributed by atoms with Gasteiger partial charge in [-0.05, 0) is 55.8 Å². The summed E-state index contributed by atoms with van der Waals surface area (Å²) in [7, 11) is -2.29. The molecule has 1 aliphatic heterocycles. The number of amides is 1. The minimum Gasteiger partial charge on any atom is -0.369 e. The number of nitrogens with one attached hydrogen (secondary N) is 2. The maximum Gasteiger partial charge on any atom is 0.416 e. The molecule has 1 fully saturated rings. The molecule has 2 aromatic heterocycles. The lowest BCUT2D eigenvalue weighted by Crippen LogP contribution is -2.38. The van der Waals surface area contributed by atoms with Gasteiger partial charge >= 0.3 is 6.18 Å². The average Bonchev–Trinajstić information content (AvgIpc) is 3.58. The lowest BCUT2D eigenvalue weighted by molar-refractivity contribution is -0.137. The second kappa shape index (κ2) is 8.94. The smallest absolute Gasteiger partial charge is 0.369 e. The molecule has 4 aromatic rings. The van der Waals surface area contributed by atoms with E-state index in [0.29, 0.717) is 41.8 Å². The van der Waals surface area contributed by atoms with Crippen LogP contribution < -0.4 is 10.2 Å². The summed E-state index contributed by atoms with van der Waals surface area (Å²) in [6.07, 6.45) is -2.35. The highest BCUT2D eigenvalue weighted by Gasteiger charge is 2.32. The monoisotopic (exact) mass is 531 g/mol. The van der Waals surface area contributed by atoms with Gasteiger partial charge in [0.15, 0.2) is 0 Å². The number of anilines is 1. The van der Waals surface area contributed by atoms with Crippen molar-refractivity contribution in [1.82, 2.24) is 20.1 Å². The van der Waals surface area contributed by atoms with Gasteiger partial charge < -0.3 is 14.8 Å².